The lowest BCUT2D eigenvalue weighted by Crippen LogP contribution is -2.47. The monoisotopic (exact) mass is 436 g/mol. The second-order valence-electron chi connectivity index (χ2n) is 7.21. The Hall–Kier alpha value is -2.09. The molecular weight excluding hydrogens is 412 g/mol. The van der Waals surface area contributed by atoms with E-state index in [1.165, 1.54) is 50.5 Å². The van der Waals surface area contributed by atoms with Crippen molar-refractivity contribution in [3.8, 4) is 0 Å². The van der Waals surface area contributed by atoms with Gasteiger partial charge in [0.25, 0.3) is 5.91 Å². The zero-order valence-electron chi connectivity index (χ0n) is 15.2. The molecule has 2 aliphatic rings. The van der Waals surface area contributed by atoms with Gasteiger partial charge in [-0.1, -0.05) is 56.4 Å². The van der Waals surface area contributed by atoms with E-state index in [0.717, 1.165) is 14.4 Å². The molecule has 5 amide bonds. The molecule has 0 spiro atoms. The number of nitrogens with one attached hydrogen (secondary N) is 1. The highest BCUT2D eigenvalue weighted by Gasteiger charge is 2.45. The van der Waals surface area contributed by atoms with Crippen molar-refractivity contribution in [2.24, 2.45) is 5.73 Å². The van der Waals surface area contributed by atoms with Crippen molar-refractivity contribution < 1.29 is 14.4 Å². The van der Waals surface area contributed by atoms with Crippen LogP contribution < -0.4 is 11.1 Å². The molecule has 1 atom stereocenters. The number of imide groups is 1. The van der Waals surface area contributed by atoms with E-state index in [4.69, 9.17) is 5.73 Å². The Morgan fingerprint density at radius 3 is 2.26 bits per heavy atom. The van der Waals surface area contributed by atoms with Gasteiger partial charge in [0.15, 0.2) is 6.17 Å². The zero-order valence-corrected chi connectivity index (χ0v) is 16.8. The van der Waals surface area contributed by atoms with Crippen molar-refractivity contribution in [2.45, 2.75) is 63.6 Å². The van der Waals surface area contributed by atoms with Gasteiger partial charge < -0.3 is 11.1 Å². The Bertz CT molecular complexity index is 701. The van der Waals surface area contributed by atoms with Crippen LogP contribution in [0.5, 0.6) is 0 Å². The van der Waals surface area contributed by atoms with Gasteiger partial charge in [0.2, 0.25) is 0 Å². The van der Waals surface area contributed by atoms with E-state index >= 15 is 0 Å². The molecule has 1 saturated heterocycles. The summed E-state index contributed by atoms with van der Waals surface area (Å²) >= 11 is 3.02. The van der Waals surface area contributed by atoms with Crippen LogP contribution in [-0.2, 0) is 11.3 Å². The maximum absolute atomic E-state index is 12.4. The molecule has 7 nitrogen and oxygen atoms in total. The molecule has 146 valence electrons. The second-order valence-corrected chi connectivity index (χ2v) is 7.98. The first-order chi connectivity index (χ1) is 13.0. The molecule has 1 aromatic carbocycles. The third-order valence-electron chi connectivity index (χ3n) is 5.32. The molecule has 0 aromatic heterocycles. The molecule has 1 saturated carbocycles. The van der Waals surface area contributed by atoms with E-state index in [1.807, 2.05) is 12.1 Å². The fraction of sp³-hybridized carbons (Fsp3) is 0.526. The molecule has 2 fully saturated rings. The number of carbonyl (C=O) groups is 3. The molecule has 1 aliphatic heterocycles. The minimum absolute atomic E-state index is 0.154. The van der Waals surface area contributed by atoms with Crippen LogP contribution in [0.25, 0.3) is 0 Å². The molecule has 0 bridgehead atoms. The number of carbonyl (C=O) groups excluding carboxylic acids is 3. The Kier molecular flexibility index (Phi) is 6.36. The number of nitrogens with two attached hydrogens (primary N) is 1. The normalized spacial score (nSPS) is 21.9. The number of amides is 5. The van der Waals surface area contributed by atoms with Crippen LogP contribution in [-0.4, -0.2) is 33.0 Å². The molecule has 3 N–H and O–H groups in total. The quantitative estimate of drug-likeness (QED) is 0.557. The maximum atomic E-state index is 12.4. The van der Waals surface area contributed by atoms with Gasteiger partial charge in [-0.2, -0.15) is 0 Å². The number of hydrogen-bond donors (Lipinski definition) is 2. The fourth-order valence-corrected chi connectivity index (χ4v) is 4.30. The molecule has 1 aromatic rings. The Balaban J connectivity index is 1.66. The van der Waals surface area contributed by atoms with Crippen molar-refractivity contribution in [3.63, 3.8) is 0 Å². The fourth-order valence-electron chi connectivity index (χ4n) is 3.83. The van der Waals surface area contributed by atoms with Crippen molar-refractivity contribution in [1.82, 2.24) is 14.1 Å². The third-order valence-corrected chi connectivity index (χ3v) is 6.03. The minimum Gasteiger partial charge on any atom is -0.352 e. The van der Waals surface area contributed by atoms with Crippen molar-refractivity contribution in [3.05, 3.63) is 35.4 Å². The van der Waals surface area contributed by atoms with Crippen molar-refractivity contribution >= 4 is 34.1 Å². The van der Waals surface area contributed by atoms with E-state index in [1.54, 1.807) is 0 Å². The molecule has 0 radical (unpaired) electrons. The first-order valence-electron chi connectivity index (χ1n) is 9.42. The smallest absolute Gasteiger partial charge is 0.339 e. The molecule has 27 heavy (non-hydrogen) atoms. The first kappa shape index (κ1) is 19.7. The van der Waals surface area contributed by atoms with Crippen LogP contribution in [0.4, 0.5) is 9.59 Å². The van der Waals surface area contributed by atoms with E-state index in [9.17, 15) is 14.4 Å². The van der Waals surface area contributed by atoms with Gasteiger partial charge in [-0.15, -0.1) is 0 Å². The van der Waals surface area contributed by atoms with Crippen LogP contribution in [0, 0.1) is 0 Å². The SMILES string of the molecule is NC(=O)N[C@H]1C(=O)N(Cc2ccc(C3CCCCCCC3)cc2)C(=O)N1Br. The van der Waals surface area contributed by atoms with E-state index < -0.39 is 24.1 Å². The van der Waals surface area contributed by atoms with Crippen molar-refractivity contribution in [2.75, 3.05) is 0 Å². The third kappa shape index (κ3) is 4.61. The molecule has 0 unspecified atom stereocenters. The topological polar surface area (TPSA) is 95.7 Å². The lowest BCUT2D eigenvalue weighted by Gasteiger charge is -2.20. The summed E-state index contributed by atoms with van der Waals surface area (Å²) < 4.78 is 1.00. The summed E-state index contributed by atoms with van der Waals surface area (Å²) in [5, 5.41) is 2.26. The number of hydrogen-bond acceptors (Lipinski definition) is 3. The van der Waals surface area contributed by atoms with Crippen LogP contribution in [0.3, 0.4) is 0 Å². The number of primary amides is 1. The largest absolute Gasteiger partial charge is 0.352 e. The second kappa shape index (κ2) is 8.73. The summed E-state index contributed by atoms with van der Waals surface area (Å²) in [6, 6.07) is 6.78. The Morgan fingerprint density at radius 2 is 1.67 bits per heavy atom. The molecule has 1 aliphatic carbocycles. The number of halogens is 1. The predicted octanol–water partition coefficient (Wildman–Crippen LogP) is 3.58. The van der Waals surface area contributed by atoms with E-state index in [-0.39, 0.29) is 6.54 Å². The van der Waals surface area contributed by atoms with E-state index in [2.05, 4.69) is 33.6 Å². The van der Waals surface area contributed by atoms with Crippen LogP contribution in [0.15, 0.2) is 24.3 Å². The highest BCUT2D eigenvalue weighted by molar-refractivity contribution is 9.07. The van der Waals surface area contributed by atoms with E-state index in [0.29, 0.717) is 5.92 Å². The Morgan fingerprint density at radius 1 is 1.07 bits per heavy atom. The van der Waals surface area contributed by atoms with Crippen LogP contribution >= 0.6 is 16.1 Å². The first-order valence-corrected chi connectivity index (χ1v) is 10.1. The Labute approximate surface area is 167 Å². The van der Waals surface area contributed by atoms with Crippen molar-refractivity contribution in [1.29, 1.82) is 0 Å². The predicted molar refractivity (Wildman–Crippen MR) is 105 cm³/mol. The minimum atomic E-state index is -1.12. The van der Waals surface area contributed by atoms with Gasteiger partial charge in [0.05, 0.1) is 22.7 Å². The number of urea groups is 2. The summed E-state index contributed by atoms with van der Waals surface area (Å²) in [5.74, 6) is 0.0800. The van der Waals surface area contributed by atoms with Gasteiger partial charge in [-0.3, -0.25) is 9.69 Å². The lowest BCUT2D eigenvalue weighted by molar-refractivity contribution is -0.128. The van der Waals surface area contributed by atoms with Gasteiger partial charge in [-0.25, -0.2) is 13.5 Å². The summed E-state index contributed by atoms with van der Waals surface area (Å²) in [6.45, 7) is 0.154. The zero-order chi connectivity index (χ0) is 19.4. The highest BCUT2D eigenvalue weighted by Crippen LogP contribution is 2.31. The molecule has 3 rings (SSSR count). The average molecular weight is 437 g/mol. The number of rotatable bonds is 4. The van der Waals surface area contributed by atoms with Gasteiger partial charge in [0.1, 0.15) is 0 Å². The van der Waals surface area contributed by atoms with Gasteiger partial charge in [-0.05, 0) is 29.9 Å². The molecular formula is C19H25BrN4O3. The number of nitrogens with zero attached hydrogens (tertiary/aromatic N) is 2. The molecule has 1 heterocycles. The summed E-state index contributed by atoms with van der Waals surface area (Å²) in [4.78, 5) is 36.8. The summed E-state index contributed by atoms with van der Waals surface area (Å²) in [5.41, 5.74) is 7.27. The van der Waals surface area contributed by atoms with Crippen LogP contribution in [0.1, 0.15) is 62.0 Å². The standard InChI is InChI=1S/C19H25BrN4O3/c20-24-16(22-18(21)26)17(25)23(19(24)27)12-13-8-10-15(11-9-13)14-6-4-2-1-3-5-7-14/h8-11,14,16H,1-7,12H2,(H3,21,22,26)/t16-/m1/s1. The maximum Gasteiger partial charge on any atom is 0.339 e. The van der Waals surface area contributed by atoms with Gasteiger partial charge >= 0.3 is 12.1 Å². The summed E-state index contributed by atoms with van der Waals surface area (Å²) in [6.07, 6.45) is 7.86. The van der Waals surface area contributed by atoms with Gasteiger partial charge in [0, 0.05) is 0 Å². The molecule has 8 heteroatoms. The lowest BCUT2D eigenvalue weighted by atomic mass is 9.86. The average Bonchev–Trinajstić information content (AvgIpc) is 2.80. The summed E-state index contributed by atoms with van der Waals surface area (Å²) in [7, 11) is 0. The van der Waals surface area contributed by atoms with Crippen LogP contribution in [0.2, 0.25) is 0 Å². The number of benzene rings is 1. The highest BCUT2D eigenvalue weighted by atomic mass is 79.9.